The number of carbonyl (C=O) groups is 1. The fraction of sp³-hybridized carbons (Fsp3) is 0.533. The van der Waals surface area contributed by atoms with Gasteiger partial charge in [0, 0.05) is 18.5 Å². The Morgan fingerprint density at radius 1 is 1.47 bits per heavy atom. The van der Waals surface area contributed by atoms with Crippen molar-refractivity contribution in [1.82, 2.24) is 10.2 Å². The molecule has 19 heavy (non-hydrogen) atoms. The molecule has 1 saturated carbocycles. The number of rotatable bonds is 5. The molecule has 0 aromatic heterocycles. The predicted octanol–water partition coefficient (Wildman–Crippen LogP) is 2.00. The Morgan fingerprint density at radius 2 is 2.16 bits per heavy atom. The van der Waals surface area contributed by atoms with Crippen LogP contribution in [0.15, 0.2) is 24.3 Å². The van der Waals surface area contributed by atoms with E-state index >= 15 is 0 Å². The second kappa shape index (κ2) is 5.70. The second-order valence-electron chi connectivity index (χ2n) is 5.53. The van der Waals surface area contributed by atoms with E-state index in [1.54, 1.807) is 12.1 Å². The molecule has 0 heterocycles. The maximum absolute atomic E-state index is 13.6. The van der Waals surface area contributed by atoms with Crippen molar-refractivity contribution in [2.45, 2.75) is 25.3 Å². The van der Waals surface area contributed by atoms with Gasteiger partial charge in [0.05, 0.1) is 0 Å². The summed E-state index contributed by atoms with van der Waals surface area (Å²) in [6, 6.07) is 7.02. The number of halogens is 1. The Hall–Kier alpha value is -1.42. The van der Waals surface area contributed by atoms with Gasteiger partial charge < -0.3 is 10.2 Å². The topological polar surface area (TPSA) is 32.3 Å². The summed E-state index contributed by atoms with van der Waals surface area (Å²) in [6.07, 6.45) is 0.753. The summed E-state index contributed by atoms with van der Waals surface area (Å²) in [5, 5.41) is 2.94. The van der Waals surface area contributed by atoms with Crippen molar-refractivity contribution < 1.29 is 9.18 Å². The van der Waals surface area contributed by atoms with Crippen LogP contribution in [0.1, 0.15) is 24.8 Å². The minimum absolute atomic E-state index is 0.0435. The van der Waals surface area contributed by atoms with Gasteiger partial charge in [0.1, 0.15) is 5.82 Å². The molecule has 1 aromatic rings. The summed E-state index contributed by atoms with van der Waals surface area (Å²) in [7, 11) is 3.96. The summed E-state index contributed by atoms with van der Waals surface area (Å²) in [4.78, 5) is 14.0. The van der Waals surface area contributed by atoms with Crippen LogP contribution in [-0.4, -0.2) is 37.5 Å². The number of benzene rings is 1. The van der Waals surface area contributed by atoms with Crippen LogP contribution in [0.3, 0.4) is 0 Å². The molecule has 4 heteroatoms. The van der Waals surface area contributed by atoms with Gasteiger partial charge in [-0.05, 0) is 45.0 Å². The largest absolute Gasteiger partial charge is 0.354 e. The van der Waals surface area contributed by atoms with Crippen molar-refractivity contribution in [2.75, 3.05) is 20.6 Å². The van der Waals surface area contributed by atoms with E-state index in [4.69, 9.17) is 0 Å². The molecule has 0 saturated heterocycles. The first-order valence-corrected chi connectivity index (χ1v) is 6.69. The van der Waals surface area contributed by atoms with Crippen LogP contribution in [0.25, 0.3) is 0 Å². The number of nitrogens with one attached hydrogen (secondary N) is 1. The molecule has 0 unspecified atom stereocenters. The maximum Gasteiger partial charge on any atom is 0.223 e. The van der Waals surface area contributed by atoms with Gasteiger partial charge in [-0.15, -0.1) is 0 Å². The smallest absolute Gasteiger partial charge is 0.223 e. The Balaban J connectivity index is 1.86. The summed E-state index contributed by atoms with van der Waals surface area (Å²) < 4.78 is 13.6. The third-order valence-electron chi connectivity index (χ3n) is 3.89. The van der Waals surface area contributed by atoms with Crippen molar-refractivity contribution >= 4 is 5.91 Å². The maximum atomic E-state index is 13.6. The van der Waals surface area contributed by atoms with Crippen LogP contribution >= 0.6 is 0 Å². The lowest BCUT2D eigenvalue weighted by Gasteiger charge is -2.20. The van der Waals surface area contributed by atoms with Crippen molar-refractivity contribution in [3.8, 4) is 0 Å². The van der Waals surface area contributed by atoms with E-state index in [2.05, 4.69) is 17.1 Å². The van der Waals surface area contributed by atoms with E-state index in [0.29, 0.717) is 18.2 Å². The van der Waals surface area contributed by atoms with Gasteiger partial charge in [0.2, 0.25) is 5.91 Å². The molecule has 104 valence electrons. The molecular weight excluding hydrogens is 243 g/mol. The molecule has 2 rings (SSSR count). The van der Waals surface area contributed by atoms with Gasteiger partial charge in [0.25, 0.3) is 0 Å². The monoisotopic (exact) mass is 264 g/mol. The van der Waals surface area contributed by atoms with Crippen LogP contribution in [0.5, 0.6) is 0 Å². The lowest BCUT2D eigenvalue weighted by atomic mass is 10.1. The number of hydrogen-bond donors (Lipinski definition) is 1. The Kier molecular flexibility index (Phi) is 4.20. The molecule has 0 aliphatic heterocycles. The SMILES string of the molecule is C[C@H](CNC(=O)[C@@H]1C[C@H]1c1ccccc1F)N(C)C. The van der Waals surface area contributed by atoms with E-state index in [0.717, 1.165) is 6.42 Å². The van der Waals surface area contributed by atoms with E-state index in [-0.39, 0.29) is 23.6 Å². The fourth-order valence-electron chi connectivity index (χ4n) is 2.17. The van der Waals surface area contributed by atoms with Crippen molar-refractivity contribution in [2.24, 2.45) is 5.92 Å². The van der Waals surface area contributed by atoms with Gasteiger partial charge in [-0.3, -0.25) is 4.79 Å². The molecule has 1 amide bonds. The molecule has 3 atom stereocenters. The van der Waals surface area contributed by atoms with Crippen LogP contribution in [-0.2, 0) is 4.79 Å². The highest BCUT2D eigenvalue weighted by atomic mass is 19.1. The number of carbonyl (C=O) groups excluding carboxylic acids is 1. The highest BCUT2D eigenvalue weighted by molar-refractivity contribution is 5.82. The zero-order chi connectivity index (χ0) is 14.0. The van der Waals surface area contributed by atoms with Gasteiger partial charge in [0.15, 0.2) is 0 Å². The molecular formula is C15H21FN2O. The van der Waals surface area contributed by atoms with E-state index < -0.39 is 0 Å². The average Bonchev–Trinajstić information content (AvgIpc) is 3.16. The van der Waals surface area contributed by atoms with Crippen molar-refractivity contribution in [3.05, 3.63) is 35.6 Å². The molecule has 0 spiro atoms. The first-order valence-electron chi connectivity index (χ1n) is 6.69. The molecule has 3 nitrogen and oxygen atoms in total. The standard InChI is InChI=1S/C15H21FN2O/c1-10(18(2)3)9-17-15(19)13-8-12(13)11-6-4-5-7-14(11)16/h4-7,10,12-13H,8-9H2,1-3H3,(H,17,19)/t10-,12+,13-/m1/s1. The van der Waals surface area contributed by atoms with Crippen molar-refractivity contribution in [3.63, 3.8) is 0 Å². The Morgan fingerprint density at radius 3 is 2.79 bits per heavy atom. The predicted molar refractivity (Wildman–Crippen MR) is 73.4 cm³/mol. The first kappa shape index (κ1) is 14.0. The molecule has 0 radical (unpaired) electrons. The van der Waals surface area contributed by atoms with E-state index in [1.165, 1.54) is 6.07 Å². The van der Waals surface area contributed by atoms with Crippen LogP contribution in [0.2, 0.25) is 0 Å². The summed E-state index contributed by atoms with van der Waals surface area (Å²) >= 11 is 0. The van der Waals surface area contributed by atoms with E-state index in [9.17, 15) is 9.18 Å². The lowest BCUT2D eigenvalue weighted by Crippen LogP contribution is -2.38. The molecule has 1 fully saturated rings. The minimum Gasteiger partial charge on any atom is -0.354 e. The van der Waals surface area contributed by atoms with Gasteiger partial charge in [-0.1, -0.05) is 18.2 Å². The number of amides is 1. The molecule has 1 aromatic carbocycles. The fourth-order valence-corrected chi connectivity index (χ4v) is 2.17. The van der Waals surface area contributed by atoms with Gasteiger partial charge >= 0.3 is 0 Å². The van der Waals surface area contributed by atoms with Gasteiger partial charge in [-0.25, -0.2) is 4.39 Å². The zero-order valence-corrected chi connectivity index (χ0v) is 11.7. The number of nitrogens with zero attached hydrogens (tertiary/aromatic N) is 1. The highest BCUT2D eigenvalue weighted by Crippen LogP contribution is 2.48. The minimum atomic E-state index is -0.204. The van der Waals surface area contributed by atoms with Crippen molar-refractivity contribution in [1.29, 1.82) is 0 Å². The molecule has 1 N–H and O–H groups in total. The third-order valence-corrected chi connectivity index (χ3v) is 3.89. The van der Waals surface area contributed by atoms with Gasteiger partial charge in [-0.2, -0.15) is 0 Å². The number of hydrogen-bond acceptors (Lipinski definition) is 2. The third kappa shape index (κ3) is 3.32. The summed E-state index contributed by atoms with van der Waals surface area (Å²) in [5.74, 6) is -0.173. The quantitative estimate of drug-likeness (QED) is 0.882. The van der Waals surface area contributed by atoms with Crippen LogP contribution in [0, 0.1) is 11.7 Å². The zero-order valence-electron chi connectivity index (χ0n) is 11.7. The average molecular weight is 264 g/mol. The first-order chi connectivity index (χ1) is 9.00. The second-order valence-corrected chi connectivity index (χ2v) is 5.53. The molecule has 1 aliphatic rings. The number of likely N-dealkylation sites (N-methyl/N-ethyl adjacent to an activating group) is 1. The highest BCUT2D eigenvalue weighted by Gasteiger charge is 2.44. The normalized spacial score (nSPS) is 23.2. The van der Waals surface area contributed by atoms with E-state index in [1.807, 2.05) is 20.2 Å². The molecule has 1 aliphatic carbocycles. The van der Waals surface area contributed by atoms with Crippen LogP contribution in [0.4, 0.5) is 4.39 Å². The van der Waals surface area contributed by atoms with Crippen LogP contribution < -0.4 is 5.32 Å². The summed E-state index contributed by atoms with van der Waals surface area (Å²) in [6.45, 7) is 2.69. The Bertz CT molecular complexity index is 461. The molecule has 0 bridgehead atoms. The summed E-state index contributed by atoms with van der Waals surface area (Å²) in [5.41, 5.74) is 0.670. The lowest BCUT2D eigenvalue weighted by molar-refractivity contribution is -0.122. The Labute approximate surface area is 113 Å².